The zero-order valence-electron chi connectivity index (χ0n) is 19.8. The Balaban J connectivity index is 1.54. The molecule has 9 nitrogen and oxygen atoms in total. The van der Waals surface area contributed by atoms with Gasteiger partial charge in [0.2, 0.25) is 5.88 Å². The smallest absolute Gasteiger partial charge is 0.276 e. The number of aliphatic hydroxyl groups is 1. The van der Waals surface area contributed by atoms with Crippen molar-refractivity contribution in [3.8, 4) is 17.1 Å². The van der Waals surface area contributed by atoms with Crippen LogP contribution >= 0.6 is 0 Å². The zero-order valence-corrected chi connectivity index (χ0v) is 19.8. The van der Waals surface area contributed by atoms with Crippen LogP contribution in [0.1, 0.15) is 23.0 Å². The highest BCUT2D eigenvalue weighted by molar-refractivity contribution is 6.08. The summed E-state index contributed by atoms with van der Waals surface area (Å²) in [6.45, 7) is 3.06. The number of hydrogen-bond acceptors (Lipinski definition) is 8. The Morgan fingerprint density at radius 2 is 1.95 bits per heavy atom. The van der Waals surface area contributed by atoms with E-state index in [1.54, 1.807) is 0 Å². The summed E-state index contributed by atoms with van der Waals surface area (Å²) in [5.74, 6) is -3.70. The van der Waals surface area contributed by atoms with Crippen molar-refractivity contribution < 1.29 is 27.8 Å². The maximum absolute atomic E-state index is 14.7. The number of nitrogens with one attached hydrogen (secondary N) is 1. The number of fused-ring (bicyclic) bond motifs is 1. The molecule has 2 aliphatic rings. The third-order valence-electron chi connectivity index (χ3n) is 6.65. The molecule has 2 aliphatic heterocycles. The van der Waals surface area contributed by atoms with Crippen LogP contribution in [0.4, 0.5) is 30.2 Å². The maximum Gasteiger partial charge on any atom is 0.276 e. The number of carbonyl (C=O) groups excluding carboxylic acids is 1. The maximum atomic E-state index is 14.7. The van der Waals surface area contributed by atoms with Gasteiger partial charge in [0.05, 0.1) is 41.5 Å². The standard InChI is InChI=1S/C25H25F3N6O3/c1-11-9-34(10-17(30)23(11)35)22-12-5-6-37-25(12)31-8-18(22)32-24(36)21-16(29)7-15(28)20(33-21)19-13(26)3-2-4-14(19)27/h2-4,7-8,11,17,23,35H,5-6,9-10,29-30H2,1H3,(H,32,36). The number of aliphatic hydroxyl groups excluding tert-OH is 1. The van der Waals surface area contributed by atoms with E-state index in [4.69, 9.17) is 16.2 Å². The number of ether oxygens (including phenoxy) is 1. The van der Waals surface area contributed by atoms with Gasteiger partial charge in [-0.25, -0.2) is 23.1 Å². The SMILES string of the molecule is CC1CN(c2c(NC(=O)c3nc(-c4c(F)cccc4F)c(F)cc3N)cnc3c2CCO3)CC(N)C1O. The van der Waals surface area contributed by atoms with Crippen LogP contribution in [0, 0.1) is 23.4 Å². The Morgan fingerprint density at radius 3 is 2.65 bits per heavy atom. The van der Waals surface area contributed by atoms with Crippen LogP contribution in [0.25, 0.3) is 11.3 Å². The lowest BCUT2D eigenvalue weighted by atomic mass is 9.92. The van der Waals surface area contributed by atoms with Crippen LogP contribution in [0.3, 0.4) is 0 Å². The van der Waals surface area contributed by atoms with Gasteiger partial charge >= 0.3 is 0 Å². The Kier molecular flexibility index (Phi) is 6.38. The number of rotatable bonds is 4. The Morgan fingerprint density at radius 1 is 1.22 bits per heavy atom. The Hall–Kier alpha value is -3.90. The number of halogens is 3. The number of benzene rings is 1. The lowest BCUT2D eigenvalue weighted by molar-refractivity contribution is 0.0785. The van der Waals surface area contributed by atoms with Crippen molar-refractivity contribution in [2.24, 2.45) is 11.7 Å². The van der Waals surface area contributed by atoms with E-state index in [0.29, 0.717) is 43.4 Å². The molecule has 0 aliphatic carbocycles. The van der Waals surface area contributed by atoms with Crippen LogP contribution < -0.4 is 26.4 Å². The van der Waals surface area contributed by atoms with E-state index in [0.717, 1.165) is 29.8 Å². The number of nitrogens with zero attached hydrogens (tertiary/aromatic N) is 3. The summed E-state index contributed by atoms with van der Waals surface area (Å²) >= 11 is 0. The molecule has 1 amide bonds. The van der Waals surface area contributed by atoms with Crippen LogP contribution in [-0.2, 0) is 6.42 Å². The van der Waals surface area contributed by atoms with Gasteiger partial charge in [-0.1, -0.05) is 13.0 Å². The van der Waals surface area contributed by atoms with E-state index in [-0.39, 0.29) is 11.6 Å². The molecule has 3 atom stereocenters. The van der Waals surface area contributed by atoms with Crippen molar-refractivity contribution in [1.82, 2.24) is 9.97 Å². The molecule has 5 rings (SSSR count). The summed E-state index contributed by atoms with van der Waals surface area (Å²) in [6, 6.07) is 3.33. The second kappa shape index (κ2) is 9.52. The van der Waals surface area contributed by atoms with Crippen molar-refractivity contribution in [2.45, 2.75) is 25.5 Å². The average Bonchev–Trinajstić information content (AvgIpc) is 3.32. The van der Waals surface area contributed by atoms with Crippen LogP contribution in [0.15, 0.2) is 30.5 Å². The van der Waals surface area contributed by atoms with E-state index in [9.17, 15) is 23.1 Å². The molecule has 6 N–H and O–H groups in total. The van der Waals surface area contributed by atoms with E-state index >= 15 is 0 Å². The van der Waals surface area contributed by atoms with E-state index in [1.807, 2.05) is 11.8 Å². The quantitative estimate of drug-likeness (QED) is 0.417. The van der Waals surface area contributed by atoms with Gasteiger partial charge in [-0.3, -0.25) is 4.79 Å². The minimum Gasteiger partial charge on any atom is -0.477 e. The number of hydrogen-bond donors (Lipinski definition) is 4. The van der Waals surface area contributed by atoms with E-state index in [2.05, 4.69) is 15.3 Å². The molecule has 2 aromatic heterocycles. The van der Waals surface area contributed by atoms with Gasteiger partial charge in [0.25, 0.3) is 5.91 Å². The van der Waals surface area contributed by atoms with Gasteiger partial charge in [0.1, 0.15) is 17.3 Å². The largest absolute Gasteiger partial charge is 0.477 e. The van der Waals surface area contributed by atoms with Gasteiger partial charge in [-0.05, 0) is 12.1 Å². The molecule has 0 spiro atoms. The summed E-state index contributed by atoms with van der Waals surface area (Å²) in [6.07, 6.45) is 1.27. The van der Waals surface area contributed by atoms with Crippen LogP contribution in [0.2, 0.25) is 0 Å². The topological polar surface area (TPSA) is 140 Å². The highest BCUT2D eigenvalue weighted by Gasteiger charge is 2.35. The lowest BCUT2D eigenvalue weighted by Crippen LogP contribution is -2.56. The molecule has 1 aromatic carbocycles. The third kappa shape index (κ3) is 4.42. The monoisotopic (exact) mass is 514 g/mol. The van der Waals surface area contributed by atoms with Gasteiger partial charge < -0.3 is 31.5 Å². The Bertz CT molecular complexity index is 1360. The normalized spacial score (nSPS) is 20.9. The summed E-state index contributed by atoms with van der Waals surface area (Å²) in [7, 11) is 0. The minimum atomic E-state index is -1.08. The van der Waals surface area contributed by atoms with Gasteiger partial charge in [0, 0.05) is 43.1 Å². The van der Waals surface area contributed by atoms with Crippen molar-refractivity contribution in [3.05, 3.63) is 59.2 Å². The summed E-state index contributed by atoms with van der Waals surface area (Å²) < 4.78 is 48.9. The minimum absolute atomic E-state index is 0.147. The molecule has 3 aromatic rings. The molecule has 12 heteroatoms. The number of nitrogens with two attached hydrogens (primary N) is 2. The Labute approximate surface area is 210 Å². The molecule has 0 saturated carbocycles. The molecule has 3 unspecified atom stereocenters. The second-order valence-corrected chi connectivity index (χ2v) is 9.25. The molecular formula is C25H25F3N6O3. The number of amides is 1. The first-order chi connectivity index (χ1) is 17.7. The summed E-state index contributed by atoms with van der Waals surface area (Å²) in [5.41, 5.74) is 11.6. The van der Waals surface area contributed by atoms with Gasteiger partial charge in [-0.15, -0.1) is 0 Å². The molecular weight excluding hydrogens is 489 g/mol. The van der Waals surface area contributed by atoms with Gasteiger partial charge in [-0.2, -0.15) is 0 Å². The predicted octanol–water partition coefficient (Wildman–Crippen LogP) is 2.47. The molecule has 0 radical (unpaired) electrons. The molecule has 0 bridgehead atoms. The fourth-order valence-electron chi connectivity index (χ4n) is 4.84. The molecule has 4 heterocycles. The predicted molar refractivity (Wildman–Crippen MR) is 131 cm³/mol. The lowest BCUT2D eigenvalue weighted by Gasteiger charge is -2.41. The third-order valence-corrected chi connectivity index (χ3v) is 6.65. The van der Waals surface area contributed by atoms with Crippen LogP contribution in [0.5, 0.6) is 5.88 Å². The van der Waals surface area contributed by atoms with Crippen molar-refractivity contribution in [2.75, 3.05) is 35.6 Å². The first-order valence-electron chi connectivity index (χ1n) is 11.7. The van der Waals surface area contributed by atoms with Crippen molar-refractivity contribution in [1.29, 1.82) is 0 Å². The number of piperidine rings is 1. The van der Waals surface area contributed by atoms with E-state index < -0.39 is 52.5 Å². The first kappa shape index (κ1) is 24.8. The number of pyridine rings is 2. The van der Waals surface area contributed by atoms with Crippen molar-refractivity contribution >= 4 is 23.0 Å². The molecule has 1 saturated heterocycles. The highest BCUT2D eigenvalue weighted by Crippen LogP contribution is 2.40. The second-order valence-electron chi connectivity index (χ2n) is 9.25. The van der Waals surface area contributed by atoms with Crippen molar-refractivity contribution in [3.63, 3.8) is 0 Å². The first-order valence-corrected chi connectivity index (χ1v) is 11.7. The zero-order chi connectivity index (χ0) is 26.4. The average molecular weight is 515 g/mol. The summed E-state index contributed by atoms with van der Waals surface area (Å²) in [5, 5.41) is 13.0. The number of nitrogen functional groups attached to an aromatic ring is 1. The van der Waals surface area contributed by atoms with Crippen LogP contribution in [-0.4, -0.2) is 52.8 Å². The summed E-state index contributed by atoms with van der Waals surface area (Å²) in [4.78, 5) is 23.5. The fraction of sp³-hybridized carbons (Fsp3) is 0.320. The van der Waals surface area contributed by atoms with E-state index in [1.165, 1.54) is 6.20 Å². The van der Waals surface area contributed by atoms with Gasteiger partial charge in [0.15, 0.2) is 11.5 Å². The molecule has 194 valence electrons. The molecule has 37 heavy (non-hydrogen) atoms. The number of anilines is 3. The molecule has 1 fully saturated rings. The number of carbonyl (C=O) groups is 1. The fourth-order valence-corrected chi connectivity index (χ4v) is 4.84. The highest BCUT2D eigenvalue weighted by atomic mass is 19.1. The number of aromatic nitrogens is 2.